The normalized spacial score (nSPS) is 17.1. The minimum Gasteiger partial charge on any atom is -0.497 e. The van der Waals surface area contributed by atoms with Gasteiger partial charge in [-0.2, -0.15) is 0 Å². The molecule has 0 aromatic heterocycles. The number of benzene rings is 1. The Balaban J connectivity index is 1.93. The molecule has 1 aliphatic heterocycles. The van der Waals surface area contributed by atoms with Gasteiger partial charge in [0.2, 0.25) is 5.91 Å². The van der Waals surface area contributed by atoms with Crippen molar-refractivity contribution in [3.05, 3.63) is 29.8 Å². The van der Waals surface area contributed by atoms with Gasteiger partial charge in [-0.25, -0.2) is 0 Å². The van der Waals surface area contributed by atoms with E-state index in [1.54, 1.807) is 7.11 Å². The van der Waals surface area contributed by atoms with Crippen molar-refractivity contribution < 1.29 is 9.53 Å². The van der Waals surface area contributed by atoms with E-state index in [0.29, 0.717) is 0 Å². The van der Waals surface area contributed by atoms with E-state index in [2.05, 4.69) is 10.6 Å². The van der Waals surface area contributed by atoms with Gasteiger partial charge in [-0.15, -0.1) is 0 Å². The number of ether oxygens (including phenoxy) is 1. The summed E-state index contributed by atoms with van der Waals surface area (Å²) >= 11 is 0. The van der Waals surface area contributed by atoms with Crippen LogP contribution in [0.25, 0.3) is 0 Å². The lowest BCUT2D eigenvalue weighted by Crippen LogP contribution is -2.51. The molecule has 1 heterocycles. The number of hydrogen-bond donors (Lipinski definition) is 2. The molecule has 1 amide bonds. The van der Waals surface area contributed by atoms with E-state index in [9.17, 15) is 4.79 Å². The molecule has 92 valence electrons. The van der Waals surface area contributed by atoms with Crippen molar-refractivity contribution in [2.75, 3.05) is 20.2 Å². The molecule has 1 saturated heterocycles. The Morgan fingerprint density at radius 2 is 2.06 bits per heavy atom. The zero-order chi connectivity index (χ0) is 12.3. The number of rotatable bonds is 4. The number of amides is 1. The molecule has 2 N–H and O–H groups in total. The smallest absolute Gasteiger partial charge is 0.226 e. The summed E-state index contributed by atoms with van der Waals surface area (Å²) in [6, 6.07) is 7.80. The van der Waals surface area contributed by atoms with Crippen molar-refractivity contribution in [1.29, 1.82) is 0 Å². The van der Waals surface area contributed by atoms with Gasteiger partial charge in [-0.1, -0.05) is 12.1 Å². The maximum Gasteiger partial charge on any atom is 0.226 e. The van der Waals surface area contributed by atoms with Crippen LogP contribution in [0.2, 0.25) is 0 Å². The second-order valence-corrected chi connectivity index (χ2v) is 4.36. The molecule has 0 saturated carbocycles. The minimum atomic E-state index is 0.0361. The van der Waals surface area contributed by atoms with E-state index in [1.165, 1.54) is 0 Å². The topological polar surface area (TPSA) is 50.4 Å². The zero-order valence-corrected chi connectivity index (χ0v) is 10.2. The second-order valence-electron chi connectivity index (χ2n) is 4.36. The number of carbonyl (C=O) groups excluding carboxylic acids is 1. The van der Waals surface area contributed by atoms with Crippen LogP contribution in [-0.2, 0) is 4.79 Å². The summed E-state index contributed by atoms with van der Waals surface area (Å²) in [7, 11) is 1.64. The van der Waals surface area contributed by atoms with Gasteiger partial charge in [-0.05, 0) is 24.6 Å². The molecule has 1 aliphatic rings. The van der Waals surface area contributed by atoms with Gasteiger partial charge in [0, 0.05) is 13.1 Å². The molecule has 1 fully saturated rings. The lowest BCUT2D eigenvalue weighted by Gasteiger charge is -2.27. The van der Waals surface area contributed by atoms with E-state index >= 15 is 0 Å². The van der Waals surface area contributed by atoms with Crippen LogP contribution in [0, 0.1) is 5.92 Å². The molecule has 0 spiro atoms. The molecule has 4 nitrogen and oxygen atoms in total. The Bertz CT molecular complexity index is 385. The first-order valence-corrected chi connectivity index (χ1v) is 5.85. The van der Waals surface area contributed by atoms with Crippen molar-refractivity contribution in [3.63, 3.8) is 0 Å². The molecule has 0 aliphatic carbocycles. The van der Waals surface area contributed by atoms with Gasteiger partial charge in [0.15, 0.2) is 0 Å². The van der Waals surface area contributed by atoms with E-state index in [1.807, 2.05) is 31.2 Å². The van der Waals surface area contributed by atoms with Crippen LogP contribution < -0.4 is 15.4 Å². The summed E-state index contributed by atoms with van der Waals surface area (Å²) in [5.74, 6) is 1.10. The van der Waals surface area contributed by atoms with Crippen molar-refractivity contribution in [3.8, 4) is 5.75 Å². The van der Waals surface area contributed by atoms with Crippen LogP contribution in [0.15, 0.2) is 24.3 Å². The average molecular weight is 234 g/mol. The number of nitrogens with one attached hydrogen (secondary N) is 2. The SMILES string of the molecule is COc1ccc([C@H](C)NC(=O)C2CNC2)cc1. The molecular formula is C13H18N2O2. The predicted octanol–water partition coefficient (Wildman–Crippen LogP) is 1.09. The molecule has 4 heteroatoms. The lowest BCUT2D eigenvalue weighted by atomic mass is 10.0. The molecule has 1 aromatic rings. The third-order valence-electron chi connectivity index (χ3n) is 3.13. The van der Waals surface area contributed by atoms with Gasteiger partial charge in [0.05, 0.1) is 19.1 Å². The molecule has 0 bridgehead atoms. The van der Waals surface area contributed by atoms with Crippen molar-refractivity contribution >= 4 is 5.91 Å². The first kappa shape index (κ1) is 11.9. The molecule has 1 aromatic carbocycles. The highest BCUT2D eigenvalue weighted by Crippen LogP contribution is 2.17. The maximum absolute atomic E-state index is 11.8. The lowest BCUT2D eigenvalue weighted by molar-refractivity contribution is -0.127. The first-order valence-electron chi connectivity index (χ1n) is 5.85. The molecule has 0 unspecified atom stereocenters. The highest BCUT2D eigenvalue weighted by Gasteiger charge is 2.25. The van der Waals surface area contributed by atoms with Crippen molar-refractivity contribution in [2.24, 2.45) is 5.92 Å². The van der Waals surface area contributed by atoms with Crippen molar-refractivity contribution in [2.45, 2.75) is 13.0 Å². The zero-order valence-electron chi connectivity index (χ0n) is 10.2. The molecule has 1 atom stereocenters. The van der Waals surface area contributed by atoms with Gasteiger partial charge in [0.25, 0.3) is 0 Å². The fraction of sp³-hybridized carbons (Fsp3) is 0.462. The number of hydrogen-bond acceptors (Lipinski definition) is 3. The summed E-state index contributed by atoms with van der Waals surface area (Å²) in [6.07, 6.45) is 0. The first-order chi connectivity index (χ1) is 8.20. The van der Waals surface area contributed by atoms with Crippen LogP contribution in [0.5, 0.6) is 5.75 Å². The third kappa shape index (κ3) is 2.77. The number of methoxy groups -OCH3 is 1. The molecule has 0 radical (unpaired) electrons. The summed E-state index contributed by atoms with van der Waals surface area (Å²) in [5.41, 5.74) is 1.09. The highest BCUT2D eigenvalue weighted by atomic mass is 16.5. The molecule has 17 heavy (non-hydrogen) atoms. The second kappa shape index (κ2) is 5.19. The largest absolute Gasteiger partial charge is 0.497 e. The summed E-state index contributed by atoms with van der Waals surface area (Å²) in [4.78, 5) is 11.8. The Morgan fingerprint density at radius 3 is 2.53 bits per heavy atom. The van der Waals surface area contributed by atoms with Crippen molar-refractivity contribution in [1.82, 2.24) is 10.6 Å². The van der Waals surface area contributed by atoms with Crippen LogP contribution in [0.1, 0.15) is 18.5 Å². The summed E-state index contributed by atoms with van der Waals surface area (Å²) in [5, 5.41) is 6.11. The fourth-order valence-electron chi connectivity index (χ4n) is 1.78. The third-order valence-corrected chi connectivity index (χ3v) is 3.13. The van der Waals surface area contributed by atoms with Gasteiger partial charge >= 0.3 is 0 Å². The standard InChI is InChI=1S/C13H18N2O2/c1-9(15-13(16)11-7-14-8-11)10-3-5-12(17-2)6-4-10/h3-6,9,11,14H,7-8H2,1-2H3,(H,15,16)/t9-/m0/s1. The van der Waals surface area contributed by atoms with Crippen LogP contribution in [0.3, 0.4) is 0 Å². The van der Waals surface area contributed by atoms with E-state index < -0.39 is 0 Å². The number of carbonyl (C=O) groups is 1. The molecular weight excluding hydrogens is 216 g/mol. The monoisotopic (exact) mass is 234 g/mol. The average Bonchev–Trinajstić information content (AvgIpc) is 2.26. The fourth-order valence-corrected chi connectivity index (χ4v) is 1.78. The Labute approximate surface area is 101 Å². The summed E-state index contributed by atoms with van der Waals surface area (Å²) in [6.45, 7) is 3.58. The maximum atomic E-state index is 11.8. The van der Waals surface area contributed by atoms with E-state index in [-0.39, 0.29) is 17.9 Å². The Morgan fingerprint density at radius 1 is 1.41 bits per heavy atom. The molecule has 2 rings (SSSR count). The van der Waals surface area contributed by atoms with Crippen LogP contribution in [-0.4, -0.2) is 26.1 Å². The highest BCUT2D eigenvalue weighted by molar-refractivity contribution is 5.80. The van der Waals surface area contributed by atoms with Gasteiger partial charge < -0.3 is 15.4 Å². The van der Waals surface area contributed by atoms with Crippen LogP contribution >= 0.6 is 0 Å². The van der Waals surface area contributed by atoms with E-state index in [4.69, 9.17) is 4.74 Å². The van der Waals surface area contributed by atoms with Crippen LogP contribution in [0.4, 0.5) is 0 Å². The minimum absolute atomic E-state index is 0.0361. The summed E-state index contributed by atoms with van der Waals surface area (Å²) < 4.78 is 5.10. The quantitative estimate of drug-likeness (QED) is 0.820. The van der Waals surface area contributed by atoms with E-state index in [0.717, 1.165) is 24.4 Å². The Hall–Kier alpha value is -1.55. The van der Waals surface area contributed by atoms with Gasteiger partial charge in [-0.3, -0.25) is 4.79 Å². The Kier molecular flexibility index (Phi) is 3.64. The van der Waals surface area contributed by atoms with Gasteiger partial charge in [0.1, 0.15) is 5.75 Å². The predicted molar refractivity (Wildman–Crippen MR) is 65.9 cm³/mol.